The van der Waals surface area contributed by atoms with E-state index in [1.54, 1.807) is 7.11 Å². The Kier molecular flexibility index (Phi) is 3.62. The first-order chi connectivity index (χ1) is 8.65. The number of thiazole rings is 1. The van der Waals surface area contributed by atoms with Crippen molar-refractivity contribution in [2.75, 3.05) is 7.11 Å². The molecule has 0 aliphatic carbocycles. The average molecular weight is 261 g/mol. The maximum absolute atomic E-state index is 7.56. The van der Waals surface area contributed by atoms with Gasteiger partial charge in [0.1, 0.15) is 16.6 Å². The van der Waals surface area contributed by atoms with Crippen molar-refractivity contribution in [3.8, 4) is 16.3 Å². The van der Waals surface area contributed by atoms with E-state index in [-0.39, 0.29) is 5.84 Å². The fourth-order valence-electron chi connectivity index (χ4n) is 1.68. The predicted molar refractivity (Wildman–Crippen MR) is 74.5 cm³/mol. The summed E-state index contributed by atoms with van der Waals surface area (Å²) in [5.74, 6) is 0.878. The number of aromatic nitrogens is 1. The summed E-state index contributed by atoms with van der Waals surface area (Å²) in [6.07, 6.45) is 0.773. The minimum absolute atomic E-state index is 0.0819. The number of nitrogens with two attached hydrogens (primary N) is 1. The van der Waals surface area contributed by atoms with Gasteiger partial charge >= 0.3 is 0 Å². The Morgan fingerprint density at radius 2 is 2.28 bits per heavy atom. The second-order valence-electron chi connectivity index (χ2n) is 3.79. The molecule has 0 amide bonds. The topological polar surface area (TPSA) is 72.0 Å². The lowest BCUT2D eigenvalue weighted by Gasteiger charge is -2.00. The minimum atomic E-state index is 0.0819. The van der Waals surface area contributed by atoms with Gasteiger partial charge in [-0.2, -0.15) is 0 Å². The second-order valence-corrected chi connectivity index (χ2v) is 4.79. The number of amidine groups is 1. The SMILES string of the molecule is CCc1nc(-c2cccc(OC)c2)sc1C(=N)N. The number of rotatable bonds is 4. The number of hydrogen-bond donors (Lipinski definition) is 2. The van der Waals surface area contributed by atoms with Crippen molar-refractivity contribution in [3.05, 3.63) is 34.8 Å². The zero-order valence-corrected chi connectivity index (χ0v) is 11.2. The predicted octanol–water partition coefficient (Wildman–Crippen LogP) is 2.67. The van der Waals surface area contributed by atoms with E-state index >= 15 is 0 Å². The first-order valence-electron chi connectivity index (χ1n) is 5.64. The summed E-state index contributed by atoms with van der Waals surface area (Å²) in [4.78, 5) is 5.30. The molecule has 0 aliphatic heterocycles. The van der Waals surface area contributed by atoms with Gasteiger partial charge in [-0.1, -0.05) is 19.1 Å². The van der Waals surface area contributed by atoms with E-state index in [4.69, 9.17) is 15.9 Å². The summed E-state index contributed by atoms with van der Waals surface area (Å²) >= 11 is 1.45. The zero-order valence-electron chi connectivity index (χ0n) is 10.4. The molecule has 0 atom stereocenters. The van der Waals surface area contributed by atoms with Gasteiger partial charge in [0.25, 0.3) is 0 Å². The Morgan fingerprint density at radius 1 is 1.50 bits per heavy atom. The van der Waals surface area contributed by atoms with E-state index < -0.39 is 0 Å². The average Bonchev–Trinajstić information content (AvgIpc) is 2.83. The molecule has 0 saturated carbocycles. The Labute approximate surface area is 110 Å². The highest BCUT2D eigenvalue weighted by molar-refractivity contribution is 7.17. The highest BCUT2D eigenvalue weighted by atomic mass is 32.1. The number of nitrogens with one attached hydrogen (secondary N) is 1. The number of nitrogens with zero attached hydrogens (tertiary/aromatic N) is 1. The monoisotopic (exact) mass is 261 g/mol. The first kappa shape index (κ1) is 12.6. The van der Waals surface area contributed by atoms with Gasteiger partial charge in [-0.3, -0.25) is 5.41 Å². The molecular formula is C13H15N3OS. The molecule has 4 nitrogen and oxygen atoms in total. The number of benzene rings is 1. The lowest BCUT2D eigenvalue weighted by molar-refractivity contribution is 0.415. The Bertz CT molecular complexity index is 577. The van der Waals surface area contributed by atoms with Crippen LogP contribution < -0.4 is 10.5 Å². The third-order valence-corrected chi connectivity index (χ3v) is 3.77. The molecule has 1 aromatic carbocycles. The van der Waals surface area contributed by atoms with Crippen LogP contribution in [0.5, 0.6) is 5.75 Å². The molecule has 0 fully saturated rings. The van der Waals surface area contributed by atoms with Crippen LogP contribution >= 0.6 is 11.3 Å². The van der Waals surface area contributed by atoms with E-state index in [0.717, 1.165) is 33.3 Å². The van der Waals surface area contributed by atoms with E-state index in [9.17, 15) is 0 Å². The van der Waals surface area contributed by atoms with Crippen LogP contribution in [0, 0.1) is 5.41 Å². The summed E-state index contributed by atoms with van der Waals surface area (Å²) in [7, 11) is 1.64. The number of nitrogen functional groups attached to an aromatic ring is 1. The Morgan fingerprint density at radius 3 is 2.83 bits per heavy atom. The zero-order chi connectivity index (χ0) is 13.1. The summed E-state index contributed by atoms with van der Waals surface area (Å²) in [5.41, 5.74) is 7.43. The molecule has 1 heterocycles. The third-order valence-electron chi connectivity index (χ3n) is 2.59. The molecule has 3 N–H and O–H groups in total. The molecule has 5 heteroatoms. The van der Waals surface area contributed by atoms with E-state index in [1.165, 1.54) is 11.3 Å². The van der Waals surface area contributed by atoms with E-state index in [0.29, 0.717) is 0 Å². The molecule has 0 unspecified atom stereocenters. The second kappa shape index (κ2) is 5.18. The third kappa shape index (κ3) is 2.36. The molecule has 0 spiro atoms. The molecule has 2 rings (SSSR count). The van der Waals surface area contributed by atoms with Gasteiger partial charge < -0.3 is 10.5 Å². The quantitative estimate of drug-likeness (QED) is 0.656. The summed E-state index contributed by atoms with van der Waals surface area (Å²) < 4.78 is 5.20. The smallest absolute Gasteiger partial charge is 0.135 e. The van der Waals surface area contributed by atoms with Gasteiger partial charge in [0.05, 0.1) is 17.7 Å². The fourth-order valence-corrected chi connectivity index (χ4v) is 2.69. The van der Waals surface area contributed by atoms with Gasteiger partial charge in [-0.25, -0.2) is 4.98 Å². The van der Waals surface area contributed by atoms with Crippen molar-refractivity contribution in [3.63, 3.8) is 0 Å². The number of hydrogen-bond acceptors (Lipinski definition) is 4. The van der Waals surface area contributed by atoms with Gasteiger partial charge in [0.15, 0.2) is 0 Å². The molecule has 1 aromatic heterocycles. The van der Waals surface area contributed by atoms with Crippen LogP contribution in [-0.4, -0.2) is 17.9 Å². The van der Waals surface area contributed by atoms with Gasteiger partial charge in [0.2, 0.25) is 0 Å². The van der Waals surface area contributed by atoms with Crippen LogP contribution in [0.25, 0.3) is 10.6 Å². The maximum atomic E-state index is 7.56. The van der Waals surface area contributed by atoms with E-state index in [2.05, 4.69) is 4.98 Å². The maximum Gasteiger partial charge on any atom is 0.135 e. The molecule has 94 valence electrons. The Hall–Kier alpha value is -1.88. The Balaban J connectivity index is 2.47. The van der Waals surface area contributed by atoms with E-state index in [1.807, 2.05) is 31.2 Å². The normalized spacial score (nSPS) is 10.3. The van der Waals surface area contributed by atoms with Crippen molar-refractivity contribution >= 4 is 17.2 Å². The van der Waals surface area contributed by atoms with Crippen molar-refractivity contribution in [1.29, 1.82) is 5.41 Å². The van der Waals surface area contributed by atoms with Crippen molar-refractivity contribution in [2.24, 2.45) is 5.73 Å². The molecular weight excluding hydrogens is 246 g/mol. The van der Waals surface area contributed by atoms with Gasteiger partial charge in [-0.15, -0.1) is 11.3 Å². The van der Waals surface area contributed by atoms with Crippen molar-refractivity contribution in [2.45, 2.75) is 13.3 Å². The van der Waals surface area contributed by atoms with Gasteiger partial charge in [-0.05, 0) is 18.6 Å². The molecule has 0 aliphatic rings. The molecule has 0 radical (unpaired) electrons. The highest BCUT2D eigenvalue weighted by Crippen LogP contribution is 2.30. The molecule has 0 bridgehead atoms. The molecule has 18 heavy (non-hydrogen) atoms. The van der Waals surface area contributed by atoms with Crippen LogP contribution in [0.15, 0.2) is 24.3 Å². The fraction of sp³-hybridized carbons (Fsp3) is 0.231. The molecule has 0 saturated heterocycles. The largest absolute Gasteiger partial charge is 0.497 e. The van der Waals surface area contributed by atoms with Crippen LogP contribution in [0.2, 0.25) is 0 Å². The van der Waals surface area contributed by atoms with Crippen LogP contribution in [0.1, 0.15) is 17.5 Å². The summed E-state index contributed by atoms with van der Waals surface area (Å²) in [6, 6.07) is 7.73. The number of methoxy groups -OCH3 is 1. The lowest BCUT2D eigenvalue weighted by atomic mass is 10.2. The van der Waals surface area contributed by atoms with Crippen LogP contribution in [0.4, 0.5) is 0 Å². The standard InChI is InChI=1S/C13H15N3OS/c1-3-10-11(12(14)15)18-13(16-10)8-5-4-6-9(7-8)17-2/h4-7H,3H2,1-2H3,(H3,14,15). The minimum Gasteiger partial charge on any atom is -0.497 e. The highest BCUT2D eigenvalue weighted by Gasteiger charge is 2.13. The first-order valence-corrected chi connectivity index (χ1v) is 6.46. The van der Waals surface area contributed by atoms with Crippen molar-refractivity contribution < 1.29 is 4.74 Å². The summed E-state index contributed by atoms with van der Waals surface area (Å²) in [5, 5.41) is 8.43. The lowest BCUT2D eigenvalue weighted by Crippen LogP contribution is -2.11. The molecule has 2 aromatic rings. The summed E-state index contributed by atoms with van der Waals surface area (Å²) in [6.45, 7) is 2.01. The number of aryl methyl sites for hydroxylation is 1. The number of ether oxygens (including phenoxy) is 1. The van der Waals surface area contributed by atoms with Crippen molar-refractivity contribution in [1.82, 2.24) is 4.98 Å². The van der Waals surface area contributed by atoms with Crippen LogP contribution in [-0.2, 0) is 6.42 Å². The van der Waals surface area contributed by atoms with Gasteiger partial charge in [0, 0.05) is 5.56 Å². The van der Waals surface area contributed by atoms with Crippen LogP contribution in [0.3, 0.4) is 0 Å².